The third kappa shape index (κ3) is 6.64. The van der Waals surface area contributed by atoms with Crippen molar-refractivity contribution in [3.8, 4) is 5.75 Å². The van der Waals surface area contributed by atoms with Crippen molar-refractivity contribution in [2.45, 2.75) is 52.7 Å². The van der Waals surface area contributed by atoms with E-state index in [1.807, 2.05) is 39.0 Å². The van der Waals surface area contributed by atoms with E-state index in [-0.39, 0.29) is 31.0 Å². The summed E-state index contributed by atoms with van der Waals surface area (Å²) in [6.45, 7) is 7.44. The van der Waals surface area contributed by atoms with E-state index in [4.69, 9.17) is 27.9 Å². The molecular weight excluding hydrogens is 423 g/mol. The summed E-state index contributed by atoms with van der Waals surface area (Å²) in [7, 11) is 0. The fraction of sp³-hybridized carbons (Fsp3) is 0.391. The molecule has 0 saturated carbocycles. The predicted molar refractivity (Wildman–Crippen MR) is 121 cm³/mol. The SMILES string of the molecule is CC[C@@H](C)NC(=O)[C@H](C)N(Cc1c(Cl)cccc1Cl)C(=O)COc1cccc(C)c1. The van der Waals surface area contributed by atoms with Gasteiger partial charge in [-0.1, -0.05) is 48.3 Å². The van der Waals surface area contributed by atoms with Gasteiger partial charge in [0.25, 0.3) is 5.91 Å². The number of benzene rings is 2. The first-order valence-corrected chi connectivity index (χ1v) is 10.7. The van der Waals surface area contributed by atoms with E-state index in [0.29, 0.717) is 21.4 Å². The zero-order valence-electron chi connectivity index (χ0n) is 17.7. The minimum Gasteiger partial charge on any atom is -0.484 e. The summed E-state index contributed by atoms with van der Waals surface area (Å²) in [5, 5.41) is 3.80. The molecule has 2 atom stereocenters. The van der Waals surface area contributed by atoms with Gasteiger partial charge < -0.3 is 15.0 Å². The van der Waals surface area contributed by atoms with E-state index in [2.05, 4.69) is 5.32 Å². The van der Waals surface area contributed by atoms with E-state index >= 15 is 0 Å². The molecular formula is C23H28Cl2N2O3. The van der Waals surface area contributed by atoms with Gasteiger partial charge >= 0.3 is 0 Å². The number of ether oxygens (including phenoxy) is 1. The molecule has 0 unspecified atom stereocenters. The second kappa shape index (κ2) is 11.2. The summed E-state index contributed by atoms with van der Waals surface area (Å²) in [6, 6.07) is 11.9. The molecule has 5 nitrogen and oxygen atoms in total. The number of rotatable bonds is 9. The largest absolute Gasteiger partial charge is 0.484 e. The summed E-state index contributed by atoms with van der Waals surface area (Å²) in [6.07, 6.45) is 0.791. The van der Waals surface area contributed by atoms with Crippen molar-refractivity contribution in [2.24, 2.45) is 0 Å². The van der Waals surface area contributed by atoms with E-state index in [9.17, 15) is 9.59 Å². The van der Waals surface area contributed by atoms with Crippen LogP contribution in [0.5, 0.6) is 5.75 Å². The Bertz CT molecular complexity index is 868. The molecule has 2 rings (SSSR count). The van der Waals surface area contributed by atoms with Crippen LogP contribution in [0.15, 0.2) is 42.5 Å². The molecule has 2 aromatic carbocycles. The molecule has 0 aliphatic carbocycles. The van der Waals surface area contributed by atoms with E-state index in [1.54, 1.807) is 31.2 Å². The maximum Gasteiger partial charge on any atom is 0.261 e. The lowest BCUT2D eigenvalue weighted by Crippen LogP contribution is -2.50. The summed E-state index contributed by atoms with van der Waals surface area (Å²) in [4.78, 5) is 27.2. The lowest BCUT2D eigenvalue weighted by atomic mass is 10.1. The van der Waals surface area contributed by atoms with Crippen LogP contribution in [-0.4, -0.2) is 35.4 Å². The Labute approximate surface area is 188 Å². The summed E-state index contributed by atoms with van der Waals surface area (Å²) < 4.78 is 5.67. The molecule has 2 amide bonds. The third-order valence-corrected chi connectivity index (χ3v) is 5.62. The Morgan fingerprint density at radius 2 is 1.73 bits per heavy atom. The number of carbonyl (C=O) groups excluding carboxylic acids is 2. The minimum atomic E-state index is -0.722. The standard InChI is InChI=1S/C23H28Cl2N2O3/c1-5-16(3)26-23(29)17(4)27(13-19-20(24)10-7-11-21(19)25)22(28)14-30-18-9-6-8-15(2)12-18/h6-12,16-17H,5,13-14H2,1-4H3,(H,26,29)/t16-,17+/m1/s1. The van der Waals surface area contributed by atoms with Gasteiger partial charge in [0.2, 0.25) is 5.91 Å². The first-order chi connectivity index (χ1) is 14.2. The summed E-state index contributed by atoms with van der Waals surface area (Å²) in [5.41, 5.74) is 1.62. The number of nitrogens with zero attached hydrogens (tertiary/aromatic N) is 1. The molecule has 162 valence electrons. The van der Waals surface area contributed by atoms with Crippen molar-refractivity contribution in [1.29, 1.82) is 0 Å². The Hall–Kier alpha value is -2.24. The lowest BCUT2D eigenvalue weighted by molar-refractivity contribution is -0.142. The first-order valence-electron chi connectivity index (χ1n) is 9.95. The zero-order valence-corrected chi connectivity index (χ0v) is 19.3. The van der Waals surface area contributed by atoms with Crippen LogP contribution in [-0.2, 0) is 16.1 Å². The minimum absolute atomic E-state index is 0.00403. The number of hydrogen-bond acceptors (Lipinski definition) is 3. The average molecular weight is 451 g/mol. The van der Waals surface area contributed by atoms with Gasteiger partial charge in [-0.15, -0.1) is 0 Å². The fourth-order valence-electron chi connectivity index (χ4n) is 2.83. The maximum absolute atomic E-state index is 13.1. The number of nitrogens with one attached hydrogen (secondary N) is 1. The second-order valence-corrected chi connectivity index (χ2v) is 8.14. The van der Waals surface area contributed by atoms with Gasteiger partial charge in [0, 0.05) is 28.2 Å². The highest BCUT2D eigenvalue weighted by molar-refractivity contribution is 6.36. The number of hydrogen-bond donors (Lipinski definition) is 1. The Morgan fingerprint density at radius 3 is 2.33 bits per heavy atom. The fourth-order valence-corrected chi connectivity index (χ4v) is 3.35. The van der Waals surface area contributed by atoms with Crippen LogP contribution in [0.1, 0.15) is 38.3 Å². The van der Waals surface area contributed by atoms with Crippen molar-refractivity contribution in [3.63, 3.8) is 0 Å². The predicted octanol–water partition coefficient (Wildman–Crippen LogP) is 5.01. The number of aryl methyl sites for hydroxylation is 1. The molecule has 0 spiro atoms. The molecule has 0 heterocycles. The highest BCUT2D eigenvalue weighted by atomic mass is 35.5. The molecule has 0 fully saturated rings. The maximum atomic E-state index is 13.1. The van der Waals surface area contributed by atoms with E-state index in [1.165, 1.54) is 4.90 Å². The molecule has 7 heteroatoms. The number of carbonyl (C=O) groups is 2. The van der Waals surface area contributed by atoms with Gasteiger partial charge in [0.1, 0.15) is 11.8 Å². The monoisotopic (exact) mass is 450 g/mol. The van der Waals surface area contributed by atoms with Gasteiger partial charge in [-0.25, -0.2) is 0 Å². The molecule has 0 bridgehead atoms. The van der Waals surface area contributed by atoms with Crippen LogP contribution in [0.3, 0.4) is 0 Å². The molecule has 0 radical (unpaired) electrons. The van der Waals surface area contributed by atoms with Crippen molar-refractivity contribution in [2.75, 3.05) is 6.61 Å². The van der Waals surface area contributed by atoms with Gasteiger partial charge in [-0.3, -0.25) is 9.59 Å². The lowest BCUT2D eigenvalue weighted by Gasteiger charge is -2.30. The van der Waals surface area contributed by atoms with Crippen LogP contribution >= 0.6 is 23.2 Å². The highest BCUT2D eigenvalue weighted by Gasteiger charge is 2.28. The van der Waals surface area contributed by atoms with Crippen molar-refractivity contribution < 1.29 is 14.3 Å². The van der Waals surface area contributed by atoms with Crippen LogP contribution in [0.25, 0.3) is 0 Å². The number of halogens is 2. The molecule has 30 heavy (non-hydrogen) atoms. The zero-order chi connectivity index (χ0) is 22.3. The van der Waals surface area contributed by atoms with Gasteiger partial charge in [0.15, 0.2) is 6.61 Å². The smallest absolute Gasteiger partial charge is 0.261 e. The average Bonchev–Trinajstić information content (AvgIpc) is 2.71. The Balaban J connectivity index is 2.22. The Kier molecular flexibility index (Phi) is 9.00. The van der Waals surface area contributed by atoms with Gasteiger partial charge in [-0.05, 0) is 57.0 Å². The quantitative estimate of drug-likeness (QED) is 0.583. The number of amides is 2. The van der Waals surface area contributed by atoms with E-state index in [0.717, 1.165) is 12.0 Å². The summed E-state index contributed by atoms with van der Waals surface area (Å²) >= 11 is 12.6. The molecule has 0 aliphatic heterocycles. The molecule has 0 saturated heterocycles. The molecule has 0 aromatic heterocycles. The van der Waals surface area contributed by atoms with Crippen LogP contribution in [0.4, 0.5) is 0 Å². The second-order valence-electron chi connectivity index (χ2n) is 7.32. The molecule has 2 aromatic rings. The van der Waals surface area contributed by atoms with E-state index < -0.39 is 6.04 Å². The highest BCUT2D eigenvalue weighted by Crippen LogP contribution is 2.26. The molecule has 1 N–H and O–H groups in total. The Morgan fingerprint density at radius 1 is 1.10 bits per heavy atom. The van der Waals surface area contributed by atoms with Crippen molar-refractivity contribution in [3.05, 3.63) is 63.6 Å². The van der Waals surface area contributed by atoms with Crippen molar-refractivity contribution in [1.82, 2.24) is 10.2 Å². The first kappa shape index (κ1) is 24.0. The van der Waals surface area contributed by atoms with Crippen LogP contribution in [0.2, 0.25) is 10.0 Å². The van der Waals surface area contributed by atoms with Crippen LogP contribution in [0, 0.1) is 6.92 Å². The molecule has 0 aliphatic rings. The van der Waals surface area contributed by atoms with Crippen LogP contribution < -0.4 is 10.1 Å². The van der Waals surface area contributed by atoms with Gasteiger partial charge in [-0.2, -0.15) is 0 Å². The topological polar surface area (TPSA) is 58.6 Å². The summed E-state index contributed by atoms with van der Waals surface area (Å²) in [5.74, 6) is 0.0199. The normalized spacial score (nSPS) is 12.7. The van der Waals surface area contributed by atoms with Gasteiger partial charge in [0.05, 0.1) is 0 Å². The van der Waals surface area contributed by atoms with Crippen molar-refractivity contribution >= 4 is 35.0 Å². The third-order valence-electron chi connectivity index (χ3n) is 4.91.